The number of fused-ring (bicyclic) bond motifs is 1. The van der Waals surface area contributed by atoms with Crippen molar-refractivity contribution < 1.29 is 24.2 Å². The van der Waals surface area contributed by atoms with Gasteiger partial charge < -0.3 is 24.8 Å². The molecule has 1 heterocycles. The number of hydrogen-bond donors (Lipinski definition) is 2. The lowest BCUT2D eigenvalue weighted by atomic mass is 10.0. The average molecular weight is 612 g/mol. The van der Waals surface area contributed by atoms with E-state index in [1.54, 1.807) is 44.1 Å². The number of amides is 1. The summed E-state index contributed by atoms with van der Waals surface area (Å²) in [6, 6.07) is 12.7. The largest absolute Gasteiger partial charge is 0.458 e. The van der Waals surface area contributed by atoms with Gasteiger partial charge in [0.05, 0.1) is 15.7 Å². The zero-order valence-corrected chi connectivity index (χ0v) is 27.5. The molecule has 8 nitrogen and oxygen atoms in total. The van der Waals surface area contributed by atoms with Gasteiger partial charge in [-0.3, -0.25) is 4.79 Å². The Morgan fingerprint density at radius 1 is 1.00 bits per heavy atom. The number of nitrogens with one attached hydrogen (secondary N) is 1. The molecule has 0 saturated heterocycles. The minimum absolute atomic E-state index is 0.274. The van der Waals surface area contributed by atoms with Gasteiger partial charge in [0.25, 0.3) is 5.91 Å². The van der Waals surface area contributed by atoms with Crippen LogP contribution in [0.3, 0.4) is 0 Å². The van der Waals surface area contributed by atoms with Crippen molar-refractivity contribution in [2.75, 3.05) is 32.1 Å². The molecule has 0 aliphatic rings. The number of aliphatic hydroxyl groups is 1. The summed E-state index contributed by atoms with van der Waals surface area (Å²) in [6.07, 6.45) is 3.29. The molecule has 0 aliphatic heterocycles. The van der Waals surface area contributed by atoms with Crippen molar-refractivity contribution in [3.63, 3.8) is 0 Å². The summed E-state index contributed by atoms with van der Waals surface area (Å²) in [5.41, 5.74) is 7.05. The van der Waals surface area contributed by atoms with Crippen LogP contribution in [-0.2, 0) is 25.5 Å². The van der Waals surface area contributed by atoms with Crippen molar-refractivity contribution >= 4 is 39.1 Å². The van der Waals surface area contributed by atoms with Crippen LogP contribution in [0.1, 0.15) is 76.0 Å². The van der Waals surface area contributed by atoms with Crippen LogP contribution in [0.25, 0.3) is 10.2 Å². The van der Waals surface area contributed by atoms with E-state index in [0.717, 1.165) is 67.4 Å². The number of benzene rings is 2. The molecule has 0 bridgehead atoms. The number of anilines is 1. The van der Waals surface area contributed by atoms with Gasteiger partial charge in [-0.1, -0.05) is 24.6 Å². The van der Waals surface area contributed by atoms with Crippen LogP contribution in [0, 0.1) is 13.8 Å². The van der Waals surface area contributed by atoms with Crippen LogP contribution in [0.5, 0.6) is 0 Å². The number of carbonyl (C=O) groups is 2. The number of unbranched alkanes of at least 4 members (excludes halogenated alkanes) is 4. The smallest absolute Gasteiger partial charge is 0.338 e. The third kappa shape index (κ3) is 11.5. The second-order valence-electron chi connectivity index (χ2n) is 12.3. The van der Waals surface area contributed by atoms with Gasteiger partial charge in [-0.05, 0) is 108 Å². The summed E-state index contributed by atoms with van der Waals surface area (Å²) in [6.45, 7) is 11.0. The van der Waals surface area contributed by atoms with E-state index in [4.69, 9.17) is 9.47 Å². The number of aryl methyl sites for hydroxylation is 3. The minimum atomic E-state index is -1.69. The third-order valence-corrected chi connectivity index (χ3v) is 8.16. The summed E-state index contributed by atoms with van der Waals surface area (Å²) < 4.78 is 12.4. The summed E-state index contributed by atoms with van der Waals surface area (Å²) in [4.78, 5) is 31.8. The van der Waals surface area contributed by atoms with Gasteiger partial charge in [-0.2, -0.15) is 0 Å². The van der Waals surface area contributed by atoms with Crippen LogP contribution < -0.4 is 5.32 Å². The number of hydrogen-bond acceptors (Lipinski definition) is 8. The molecule has 2 aromatic carbocycles. The summed E-state index contributed by atoms with van der Waals surface area (Å²) in [5.74, 6) is -1.26. The molecule has 0 saturated carbocycles. The molecule has 1 amide bonds. The number of carbonyl (C=O) groups excluding carboxylic acids is 2. The van der Waals surface area contributed by atoms with Crippen molar-refractivity contribution in [3.8, 4) is 0 Å². The molecule has 236 valence electrons. The first-order chi connectivity index (χ1) is 20.4. The average Bonchev–Trinajstić information content (AvgIpc) is 3.42. The first kappa shape index (κ1) is 34.5. The molecule has 0 unspecified atom stereocenters. The van der Waals surface area contributed by atoms with E-state index in [-0.39, 0.29) is 6.61 Å². The Hall–Kier alpha value is -3.01. The molecular formula is C34H49N3O5S. The molecule has 0 spiro atoms. The second kappa shape index (κ2) is 16.7. The predicted octanol–water partition coefficient (Wildman–Crippen LogP) is 6.45. The van der Waals surface area contributed by atoms with Gasteiger partial charge >= 0.3 is 5.97 Å². The summed E-state index contributed by atoms with van der Waals surface area (Å²) in [7, 11) is 1.69. The number of rotatable bonds is 17. The highest BCUT2D eigenvalue weighted by Crippen LogP contribution is 2.22. The van der Waals surface area contributed by atoms with Crippen molar-refractivity contribution in [1.82, 2.24) is 9.88 Å². The lowest BCUT2D eigenvalue weighted by Crippen LogP contribution is -2.50. The van der Waals surface area contributed by atoms with E-state index in [0.29, 0.717) is 6.54 Å². The van der Waals surface area contributed by atoms with E-state index in [1.807, 2.05) is 17.6 Å². The first-order valence-corrected chi connectivity index (χ1v) is 16.2. The Morgan fingerprint density at radius 3 is 2.51 bits per heavy atom. The number of aliphatic hydroxyl groups excluding tert-OH is 1. The maximum absolute atomic E-state index is 13.3. The Balaban J connectivity index is 1.43. The predicted molar refractivity (Wildman–Crippen MR) is 175 cm³/mol. The van der Waals surface area contributed by atoms with Gasteiger partial charge in [0.2, 0.25) is 0 Å². The van der Waals surface area contributed by atoms with Crippen LogP contribution in [0.2, 0.25) is 0 Å². The normalized spacial score (nSPS) is 13.1. The van der Waals surface area contributed by atoms with Crippen molar-refractivity contribution in [1.29, 1.82) is 0 Å². The lowest BCUT2D eigenvalue weighted by molar-refractivity contribution is -0.179. The number of aromatic nitrogens is 1. The van der Waals surface area contributed by atoms with Crippen LogP contribution >= 0.6 is 11.3 Å². The van der Waals surface area contributed by atoms with Crippen LogP contribution in [0.15, 0.2) is 41.9 Å². The van der Waals surface area contributed by atoms with Crippen molar-refractivity contribution in [2.45, 2.75) is 97.4 Å². The molecule has 2 atom stereocenters. The molecule has 2 N–H and O–H groups in total. The fourth-order valence-corrected chi connectivity index (χ4v) is 5.45. The zero-order chi connectivity index (χ0) is 31.4. The Morgan fingerprint density at radius 2 is 1.77 bits per heavy atom. The molecule has 9 heteroatoms. The topological polar surface area (TPSA) is 101 Å². The molecule has 3 aromatic rings. The molecule has 0 fully saturated rings. The quantitative estimate of drug-likeness (QED) is 0.134. The Bertz CT molecular complexity index is 1320. The second-order valence-corrected chi connectivity index (χ2v) is 13.2. The van der Waals surface area contributed by atoms with Crippen LogP contribution in [0.4, 0.5) is 5.69 Å². The fraction of sp³-hybridized carbons (Fsp3) is 0.559. The molecule has 0 aliphatic carbocycles. The highest BCUT2D eigenvalue weighted by atomic mass is 32.1. The van der Waals surface area contributed by atoms with E-state index < -0.39 is 29.7 Å². The highest BCUT2D eigenvalue weighted by molar-refractivity contribution is 7.16. The van der Waals surface area contributed by atoms with Crippen molar-refractivity contribution in [2.24, 2.45) is 0 Å². The standard InChI is InChI=1S/C34H49N3O5S/c1-24-14-15-26(21-25(24)2)13-9-7-12-20-41-31(30(38)33(40)42-34(3,4)5)32(39)37(6)19-11-8-10-18-35-27-16-17-28-29(22-27)43-23-36-28/h14-17,21-23,30-31,35,38H,7-13,18-20H2,1-6H3/t30-,31-/m1/s1. The lowest BCUT2D eigenvalue weighted by Gasteiger charge is -2.28. The summed E-state index contributed by atoms with van der Waals surface area (Å²) >= 11 is 1.63. The van der Waals surface area contributed by atoms with Gasteiger partial charge in [0, 0.05) is 32.4 Å². The van der Waals surface area contributed by atoms with E-state index >= 15 is 0 Å². The molecule has 0 radical (unpaired) electrons. The van der Waals surface area contributed by atoms with E-state index in [1.165, 1.54) is 16.7 Å². The summed E-state index contributed by atoms with van der Waals surface area (Å²) in [5, 5.41) is 14.3. The van der Waals surface area contributed by atoms with Crippen LogP contribution in [-0.4, -0.2) is 71.4 Å². The number of nitrogens with zero attached hydrogens (tertiary/aromatic N) is 2. The highest BCUT2D eigenvalue weighted by Gasteiger charge is 2.37. The fourth-order valence-electron chi connectivity index (χ4n) is 4.74. The van der Waals surface area contributed by atoms with E-state index in [2.05, 4.69) is 48.4 Å². The number of thiazole rings is 1. The monoisotopic (exact) mass is 611 g/mol. The molecular weight excluding hydrogens is 562 g/mol. The molecule has 3 rings (SSSR count). The van der Waals surface area contributed by atoms with E-state index in [9.17, 15) is 14.7 Å². The zero-order valence-electron chi connectivity index (χ0n) is 26.7. The van der Waals surface area contributed by atoms with Gasteiger partial charge in [-0.15, -0.1) is 11.3 Å². The van der Waals surface area contributed by atoms with Crippen molar-refractivity contribution in [3.05, 3.63) is 58.6 Å². The number of esters is 1. The first-order valence-electron chi connectivity index (χ1n) is 15.4. The Kier molecular flexibility index (Phi) is 13.4. The maximum Gasteiger partial charge on any atom is 0.338 e. The number of ether oxygens (including phenoxy) is 2. The molecule has 1 aromatic heterocycles. The SMILES string of the molecule is Cc1ccc(CCCCCO[C@@H](C(=O)N(C)CCCCCNc2ccc3ncsc3c2)[C@@H](O)C(=O)OC(C)(C)C)cc1C. The number of likely N-dealkylation sites (N-methyl/N-ethyl adjacent to an activating group) is 1. The van der Waals surface area contributed by atoms with Gasteiger partial charge in [0.15, 0.2) is 12.2 Å². The van der Waals surface area contributed by atoms with Gasteiger partial charge in [-0.25, -0.2) is 9.78 Å². The maximum atomic E-state index is 13.3. The molecule has 43 heavy (non-hydrogen) atoms. The van der Waals surface area contributed by atoms with Gasteiger partial charge in [0.1, 0.15) is 5.60 Å². The third-order valence-electron chi connectivity index (χ3n) is 7.36. The Labute approximate surface area is 260 Å². The minimum Gasteiger partial charge on any atom is -0.458 e.